The van der Waals surface area contributed by atoms with Crippen molar-refractivity contribution in [2.24, 2.45) is 0 Å². The lowest BCUT2D eigenvalue weighted by atomic mass is 9.97. The first kappa shape index (κ1) is 17.5. The molecule has 3 rings (SSSR count). The minimum absolute atomic E-state index is 0.0876. The Labute approximate surface area is 149 Å². The predicted octanol–water partition coefficient (Wildman–Crippen LogP) is 4.27. The summed E-state index contributed by atoms with van der Waals surface area (Å²) >= 11 is 0. The van der Waals surface area contributed by atoms with E-state index >= 15 is 0 Å². The number of carbonyl (C=O) groups is 1. The number of piperidine rings is 1. The third-order valence-electron chi connectivity index (χ3n) is 4.94. The number of aliphatic carboxylic acids is 1. The van der Waals surface area contributed by atoms with Gasteiger partial charge in [0, 0.05) is 6.04 Å². The van der Waals surface area contributed by atoms with Crippen LogP contribution < -0.4 is 4.74 Å². The Morgan fingerprint density at radius 3 is 2.56 bits per heavy atom. The molecule has 0 aromatic heterocycles. The Morgan fingerprint density at radius 2 is 1.88 bits per heavy atom. The molecule has 0 bridgehead atoms. The van der Waals surface area contributed by atoms with Gasteiger partial charge in [-0.3, -0.25) is 9.69 Å². The van der Waals surface area contributed by atoms with Crippen molar-refractivity contribution in [3.63, 3.8) is 0 Å². The molecule has 0 aliphatic carbocycles. The van der Waals surface area contributed by atoms with Gasteiger partial charge in [-0.05, 0) is 49.6 Å². The van der Waals surface area contributed by atoms with Gasteiger partial charge < -0.3 is 9.84 Å². The summed E-state index contributed by atoms with van der Waals surface area (Å²) in [6.07, 6.45) is 2.79. The smallest absolute Gasteiger partial charge is 0.320 e. The molecule has 2 aromatic carbocycles. The highest BCUT2D eigenvalue weighted by Crippen LogP contribution is 2.29. The third kappa shape index (κ3) is 4.40. The average Bonchev–Trinajstić information content (AvgIpc) is 2.67. The summed E-state index contributed by atoms with van der Waals surface area (Å²) in [6, 6.07) is 17.8. The fraction of sp³-hybridized carbons (Fsp3) is 0.381. The Morgan fingerprint density at radius 1 is 1.16 bits per heavy atom. The number of nitrogens with zero attached hydrogens (tertiary/aromatic N) is 1. The molecular weight excluding hydrogens is 314 g/mol. The molecule has 4 nitrogen and oxygen atoms in total. The minimum Gasteiger partial charge on any atom is -0.489 e. The fourth-order valence-electron chi connectivity index (χ4n) is 3.46. The molecule has 1 fully saturated rings. The predicted molar refractivity (Wildman–Crippen MR) is 97.6 cm³/mol. The monoisotopic (exact) mass is 339 g/mol. The van der Waals surface area contributed by atoms with E-state index < -0.39 is 5.97 Å². The van der Waals surface area contributed by atoms with Crippen LogP contribution in [0.3, 0.4) is 0 Å². The molecule has 1 heterocycles. The number of rotatable bonds is 6. The number of carboxylic acid groups (broad SMARTS) is 1. The second-order valence-corrected chi connectivity index (χ2v) is 6.61. The maximum atomic E-state index is 11.5. The second-order valence-electron chi connectivity index (χ2n) is 6.61. The van der Waals surface area contributed by atoms with Gasteiger partial charge in [0.25, 0.3) is 0 Å². The summed E-state index contributed by atoms with van der Waals surface area (Å²) in [5, 5.41) is 9.47. The summed E-state index contributed by atoms with van der Waals surface area (Å²) in [5.74, 6) is 0.114. The lowest BCUT2D eigenvalue weighted by Crippen LogP contribution is -2.45. The highest BCUT2D eigenvalue weighted by atomic mass is 16.5. The van der Waals surface area contributed by atoms with E-state index in [4.69, 9.17) is 4.74 Å². The zero-order valence-electron chi connectivity index (χ0n) is 14.6. The van der Waals surface area contributed by atoms with E-state index in [1.54, 1.807) is 0 Å². The van der Waals surface area contributed by atoms with E-state index in [1.165, 1.54) is 0 Å². The summed E-state index contributed by atoms with van der Waals surface area (Å²) in [6.45, 7) is 3.47. The Kier molecular flexibility index (Phi) is 5.71. The van der Waals surface area contributed by atoms with Crippen molar-refractivity contribution in [2.45, 2.75) is 44.9 Å². The summed E-state index contributed by atoms with van der Waals surface area (Å²) < 4.78 is 5.82. The number of ether oxygens (including phenoxy) is 1. The molecule has 2 aromatic rings. The molecule has 0 amide bonds. The molecule has 25 heavy (non-hydrogen) atoms. The van der Waals surface area contributed by atoms with E-state index in [0.29, 0.717) is 6.61 Å². The van der Waals surface area contributed by atoms with Gasteiger partial charge >= 0.3 is 5.97 Å². The molecule has 4 heteroatoms. The van der Waals surface area contributed by atoms with Crippen molar-refractivity contribution in [1.29, 1.82) is 0 Å². The van der Waals surface area contributed by atoms with Gasteiger partial charge in [-0.25, -0.2) is 0 Å². The maximum Gasteiger partial charge on any atom is 0.320 e. The zero-order valence-corrected chi connectivity index (χ0v) is 14.6. The molecule has 2 unspecified atom stereocenters. The molecule has 1 aliphatic heterocycles. The molecule has 132 valence electrons. The summed E-state index contributed by atoms with van der Waals surface area (Å²) in [5.41, 5.74) is 2.26. The normalized spacial score (nSPS) is 19.3. The summed E-state index contributed by atoms with van der Waals surface area (Å²) in [4.78, 5) is 13.6. The Balaban J connectivity index is 1.63. The fourth-order valence-corrected chi connectivity index (χ4v) is 3.46. The van der Waals surface area contributed by atoms with E-state index in [-0.39, 0.29) is 12.1 Å². The number of hydrogen-bond acceptors (Lipinski definition) is 3. The van der Waals surface area contributed by atoms with Crippen LogP contribution in [0.4, 0.5) is 0 Å². The number of carboxylic acids is 1. The second kappa shape index (κ2) is 8.17. The third-order valence-corrected chi connectivity index (χ3v) is 4.94. The van der Waals surface area contributed by atoms with Crippen LogP contribution in [0.2, 0.25) is 0 Å². The van der Waals surface area contributed by atoms with Crippen molar-refractivity contribution in [2.75, 3.05) is 6.54 Å². The first-order chi connectivity index (χ1) is 12.1. The van der Waals surface area contributed by atoms with Crippen LogP contribution in [-0.4, -0.2) is 28.6 Å². The lowest BCUT2D eigenvalue weighted by molar-refractivity contribution is -0.145. The summed E-state index contributed by atoms with van der Waals surface area (Å²) in [7, 11) is 0. The molecule has 0 saturated carbocycles. The SMILES string of the molecule is CC(c1ccc(OCc2ccccc2)cc1)N1CCCCC1C(=O)O. The molecule has 1 N–H and O–H groups in total. The lowest BCUT2D eigenvalue weighted by Gasteiger charge is -2.37. The van der Waals surface area contributed by atoms with Crippen LogP contribution in [0.15, 0.2) is 54.6 Å². The topological polar surface area (TPSA) is 49.8 Å². The number of likely N-dealkylation sites (tertiary alicyclic amines) is 1. The number of benzene rings is 2. The van der Waals surface area contributed by atoms with Crippen molar-refractivity contribution < 1.29 is 14.6 Å². The van der Waals surface area contributed by atoms with Gasteiger partial charge in [0.1, 0.15) is 18.4 Å². The number of hydrogen-bond donors (Lipinski definition) is 1. The van der Waals surface area contributed by atoms with E-state index in [1.807, 2.05) is 54.6 Å². The quantitative estimate of drug-likeness (QED) is 0.854. The van der Waals surface area contributed by atoms with Gasteiger partial charge in [0.05, 0.1) is 0 Å². The highest BCUT2D eigenvalue weighted by molar-refractivity contribution is 5.73. The Bertz CT molecular complexity index is 684. The zero-order chi connectivity index (χ0) is 17.6. The standard InChI is InChI=1S/C21H25NO3/c1-16(22-14-6-5-9-20(22)21(23)24)18-10-12-19(13-11-18)25-15-17-7-3-2-4-8-17/h2-4,7-8,10-13,16,20H,5-6,9,14-15H2,1H3,(H,23,24). The maximum absolute atomic E-state index is 11.5. The van der Waals surface area contributed by atoms with Gasteiger partial charge in [0.15, 0.2) is 0 Å². The first-order valence-corrected chi connectivity index (χ1v) is 8.90. The van der Waals surface area contributed by atoms with Crippen molar-refractivity contribution in [3.8, 4) is 5.75 Å². The van der Waals surface area contributed by atoms with Crippen LogP contribution in [0.25, 0.3) is 0 Å². The van der Waals surface area contributed by atoms with Crippen LogP contribution in [0.1, 0.15) is 43.4 Å². The van der Waals surface area contributed by atoms with Crippen molar-refractivity contribution in [3.05, 3.63) is 65.7 Å². The van der Waals surface area contributed by atoms with Crippen LogP contribution in [0.5, 0.6) is 5.75 Å². The first-order valence-electron chi connectivity index (χ1n) is 8.90. The van der Waals surface area contributed by atoms with Crippen molar-refractivity contribution in [1.82, 2.24) is 4.90 Å². The molecule has 1 aliphatic rings. The largest absolute Gasteiger partial charge is 0.489 e. The van der Waals surface area contributed by atoms with Crippen molar-refractivity contribution >= 4 is 5.97 Å². The van der Waals surface area contributed by atoms with E-state index in [2.05, 4.69) is 11.8 Å². The molecule has 0 spiro atoms. The molecule has 0 radical (unpaired) electrons. The van der Waals surface area contributed by atoms with E-state index in [0.717, 1.165) is 42.7 Å². The molecule has 2 atom stereocenters. The van der Waals surface area contributed by atoms with Crippen LogP contribution in [0, 0.1) is 0 Å². The Hall–Kier alpha value is -2.33. The van der Waals surface area contributed by atoms with Gasteiger partial charge in [-0.2, -0.15) is 0 Å². The molecular formula is C21H25NO3. The van der Waals surface area contributed by atoms with Gasteiger partial charge in [0.2, 0.25) is 0 Å². The van der Waals surface area contributed by atoms with Gasteiger partial charge in [-0.15, -0.1) is 0 Å². The average molecular weight is 339 g/mol. The highest BCUT2D eigenvalue weighted by Gasteiger charge is 2.32. The van der Waals surface area contributed by atoms with Gasteiger partial charge in [-0.1, -0.05) is 48.9 Å². The molecule has 1 saturated heterocycles. The van der Waals surface area contributed by atoms with Crippen LogP contribution >= 0.6 is 0 Å². The minimum atomic E-state index is -0.714. The van der Waals surface area contributed by atoms with Crippen LogP contribution in [-0.2, 0) is 11.4 Å². The van der Waals surface area contributed by atoms with E-state index in [9.17, 15) is 9.90 Å².